The van der Waals surface area contributed by atoms with Crippen molar-refractivity contribution in [3.05, 3.63) is 35.9 Å². The van der Waals surface area contributed by atoms with E-state index in [4.69, 9.17) is 6.42 Å². The molecule has 2 heterocycles. The summed E-state index contributed by atoms with van der Waals surface area (Å²) in [7, 11) is 0. The molecule has 0 aliphatic carbocycles. The Hall–Kier alpha value is -3.05. The van der Waals surface area contributed by atoms with Gasteiger partial charge in [-0.05, 0) is 23.8 Å². The zero-order chi connectivity index (χ0) is 24.8. The lowest BCUT2D eigenvalue weighted by Gasteiger charge is -2.56. The van der Waals surface area contributed by atoms with Gasteiger partial charge in [0.15, 0.2) is 0 Å². The number of hydrogen-bond donors (Lipinski definition) is 1. The van der Waals surface area contributed by atoms with Crippen LogP contribution in [0.1, 0.15) is 46.1 Å². The summed E-state index contributed by atoms with van der Waals surface area (Å²) < 4.78 is 0. The van der Waals surface area contributed by atoms with E-state index in [1.54, 1.807) is 14.9 Å². The number of urea groups is 1. The Balaban J connectivity index is 1.93. The number of carbonyl (C=O) groups excluding carboxylic acids is 3. The van der Waals surface area contributed by atoms with E-state index in [-0.39, 0.29) is 43.4 Å². The van der Waals surface area contributed by atoms with Gasteiger partial charge >= 0.3 is 6.03 Å². The van der Waals surface area contributed by atoms with Gasteiger partial charge in [-0.15, -0.1) is 6.42 Å². The number of hydrazine groups is 1. The molecule has 1 aromatic carbocycles. The molecule has 3 atom stereocenters. The maximum absolute atomic E-state index is 13.5. The minimum atomic E-state index is -0.603. The maximum Gasteiger partial charge on any atom is 0.334 e. The molecule has 0 saturated carbocycles. The molecule has 0 radical (unpaired) electrons. The second-order valence-electron chi connectivity index (χ2n) is 9.59. The summed E-state index contributed by atoms with van der Waals surface area (Å²) in [6.45, 7) is 9.56. The number of nitrogens with zero attached hydrogens (tertiary/aromatic N) is 4. The number of piperazine rings is 1. The molecule has 1 unspecified atom stereocenters. The number of nitrogens with one attached hydrogen (secondary N) is 1. The molecule has 1 aromatic rings. The van der Waals surface area contributed by atoms with Crippen molar-refractivity contribution in [3.63, 3.8) is 0 Å². The molecule has 1 N–H and O–H groups in total. The predicted octanol–water partition coefficient (Wildman–Crippen LogP) is 2.52. The first kappa shape index (κ1) is 25.6. The summed E-state index contributed by atoms with van der Waals surface area (Å²) in [5.74, 6) is 2.77. The van der Waals surface area contributed by atoms with E-state index in [0.717, 1.165) is 18.4 Å². The molecular formula is C26H37N5O3. The number of hydrogen-bond acceptors (Lipinski definition) is 4. The number of rotatable bonds is 8. The third-order valence-electron chi connectivity index (χ3n) is 6.69. The highest BCUT2D eigenvalue weighted by atomic mass is 16.2. The van der Waals surface area contributed by atoms with E-state index >= 15 is 0 Å². The van der Waals surface area contributed by atoms with E-state index in [2.05, 4.69) is 25.1 Å². The van der Waals surface area contributed by atoms with Crippen molar-refractivity contribution in [2.24, 2.45) is 11.8 Å². The number of fused-ring (bicyclic) bond motifs is 1. The van der Waals surface area contributed by atoms with Crippen LogP contribution < -0.4 is 5.32 Å². The fourth-order valence-electron chi connectivity index (χ4n) is 4.60. The first-order valence-corrected chi connectivity index (χ1v) is 12.2. The number of terminal acetylenes is 1. The molecule has 3 rings (SSSR count). The van der Waals surface area contributed by atoms with Gasteiger partial charge in [-0.3, -0.25) is 9.59 Å². The van der Waals surface area contributed by atoms with E-state index < -0.39 is 12.2 Å². The normalized spacial score (nSPS) is 21.9. The monoisotopic (exact) mass is 467 g/mol. The highest BCUT2D eigenvalue weighted by Gasteiger charge is 2.52. The van der Waals surface area contributed by atoms with Crippen molar-refractivity contribution in [2.75, 3.05) is 26.2 Å². The summed E-state index contributed by atoms with van der Waals surface area (Å²) in [4.78, 5) is 43.7. The molecule has 184 valence electrons. The fourth-order valence-corrected chi connectivity index (χ4v) is 4.60. The van der Waals surface area contributed by atoms with Gasteiger partial charge in [-0.25, -0.2) is 9.80 Å². The Labute approximate surface area is 203 Å². The Morgan fingerprint density at radius 3 is 2.53 bits per heavy atom. The quantitative estimate of drug-likeness (QED) is 0.596. The molecule has 2 saturated heterocycles. The minimum absolute atomic E-state index is 0.0327. The van der Waals surface area contributed by atoms with Gasteiger partial charge < -0.3 is 15.1 Å². The Kier molecular flexibility index (Phi) is 8.56. The maximum atomic E-state index is 13.5. The Morgan fingerprint density at radius 1 is 1.21 bits per heavy atom. The van der Waals surface area contributed by atoms with Crippen LogP contribution >= 0.6 is 0 Å². The molecule has 8 nitrogen and oxygen atoms in total. The lowest BCUT2D eigenvalue weighted by Crippen LogP contribution is -2.77. The average molecular weight is 468 g/mol. The van der Waals surface area contributed by atoms with Gasteiger partial charge in [0.2, 0.25) is 11.8 Å². The van der Waals surface area contributed by atoms with Gasteiger partial charge in [-0.1, -0.05) is 70.4 Å². The topological polar surface area (TPSA) is 76.2 Å². The third kappa shape index (κ3) is 5.53. The largest absolute Gasteiger partial charge is 0.337 e. The van der Waals surface area contributed by atoms with Crippen LogP contribution in [-0.4, -0.2) is 76.0 Å². The van der Waals surface area contributed by atoms with Crippen LogP contribution in [0.3, 0.4) is 0 Å². The SMILES string of the molecule is C#CCN1CC(=O)N2[C@@H](C(C)CC)C(=O)N(CCC(C)C)C[C@@H]2N1C(=O)NCc1ccccc1. The first-order valence-electron chi connectivity index (χ1n) is 12.2. The molecule has 4 amide bonds. The summed E-state index contributed by atoms with van der Waals surface area (Å²) in [5.41, 5.74) is 0.971. The molecular weight excluding hydrogens is 430 g/mol. The third-order valence-corrected chi connectivity index (χ3v) is 6.69. The van der Waals surface area contributed by atoms with Crippen molar-refractivity contribution in [3.8, 4) is 12.3 Å². The van der Waals surface area contributed by atoms with Crippen molar-refractivity contribution in [2.45, 2.75) is 59.3 Å². The molecule has 0 spiro atoms. The molecule has 2 aliphatic rings. The van der Waals surface area contributed by atoms with Gasteiger partial charge in [0.1, 0.15) is 12.2 Å². The predicted molar refractivity (Wildman–Crippen MR) is 131 cm³/mol. The van der Waals surface area contributed by atoms with Crippen molar-refractivity contribution < 1.29 is 14.4 Å². The Bertz CT molecular complexity index is 913. The molecule has 0 bridgehead atoms. The minimum Gasteiger partial charge on any atom is -0.337 e. The van der Waals surface area contributed by atoms with Crippen LogP contribution in [0.25, 0.3) is 0 Å². The lowest BCUT2D eigenvalue weighted by atomic mass is 9.92. The standard InChI is InChI=1S/C26H37N5O3/c1-6-14-29-18-23(32)30-22(31(29)26(34)27-16-21-11-9-8-10-12-21)17-28(15-13-19(3)4)25(33)24(30)20(5)7-2/h1,8-12,19-20,22,24H,7,13-18H2,2-5H3,(H,27,34)/t20?,22-,24-/m0/s1. The molecule has 34 heavy (non-hydrogen) atoms. The van der Waals surface area contributed by atoms with E-state index in [1.807, 2.05) is 49.1 Å². The summed E-state index contributed by atoms with van der Waals surface area (Å²) in [6, 6.07) is 8.72. The Morgan fingerprint density at radius 2 is 1.91 bits per heavy atom. The summed E-state index contributed by atoms with van der Waals surface area (Å²) >= 11 is 0. The van der Waals surface area contributed by atoms with Crippen LogP contribution in [-0.2, 0) is 16.1 Å². The van der Waals surface area contributed by atoms with Crippen LogP contribution in [0.5, 0.6) is 0 Å². The summed E-state index contributed by atoms with van der Waals surface area (Å²) in [6.07, 6.45) is 6.59. The van der Waals surface area contributed by atoms with Crippen LogP contribution in [0.4, 0.5) is 4.79 Å². The molecule has 2 aliphatic heterocycles. The van der Waals surface area contributed by atoms with E-state index in [0.29, 0.717) is 19.0 Å². The van der Waals surface area contributed by atoms with Gasteiger partial charge in [-0.2, -0.15) is 5.01 Å². The van der Waals surface area contributed by atoms with Crippen molar-refractivity contribution in [1.82, 2.24) is 25.1 Å². The average Bonchev–Trinajstić information content (AvgIpc) is 2.82. The molecule has 0 aromatic heterocycles. The molecule has 2 fully saturated rings. The highest BCUT2D eigenvalue weighted by molar-refractivity contribution is 5.91. The van der Waals surface area contributed by atoms with Crippen molar-refractivity contribution in [1.29, 1.82) is 0 Å². The van der Waals surface area contributed by atoms with Gasteiger partial charge in [0, 0.05) is 13.1 Å². The first-order chi connectivity index (χ1) is 16.3. The second-order valence-corrected chi connectivity index (χ2v) is 9.59. The highest BCUT2D eigenvalue weighted by Crippen LogP contribution is 2.31. The van der Waals surface area contributed by atoms with Crippen LogP contribution in [0.15, 0.2) is 30.3 Å². The number of benzene rings is 1. The number of carbonyl (C=O) groups is 3. The zero-order valence-corrected chi connectivity index (χ0v) is 20.7. The fraction of sp³-hybridized carbons (Fsp3) is 0.577. The van der Waals surface area contributed by atoms with Crippen molar-refractivity contribution >= 4 is 17.8 Å². The van der Waals surface area contributed by atoms with Gasteiger partial charge in [0.05, 0.1) is 19.6 Å². The second kappa shape index (κ2) is 11.4. The van der Waals surface area contributed by atoms with Crippen LogP contribution in [0.2, 0.25) is 0 Å². The zero-order valence-electron chi connectivity index (χ0n) is 20.7. The molecule has 8 heteroatoms. The van der Waals surface area contributed by atoms with Crippen LogP contribution in [0, 0.1) is 24.2 Å². The van der Waals surface area contributed by atoms with E-state index in [1.165, 1.54) is 0 Å². The summed E-state index contributed by atoms with van der Waals surface area (Å²) in [5, 5.41) is 6.16. The smallest absolute Gasteiger partial charge is 0.334 e. The van der Waals surface area contributed by atoms with E-state index in [9.17, 15) is 14.4 Å². The number of amides is 4. The lowest BCUT2D eigenvalue weighted by molar-refractivity contribution is -0.192. The van der Waals surface area contributed by atoms with Gasteiger partial charge in [0.25, 0.3) is 0 Å².